The van der Waals surface area contributed by atoms with Crippen molar-refractivity contribution in [3.05, 3.63) is 17.7 Å². The molecule has 5 nitrogen and oxygen atoms in total. The lowest BCUT2D eigenvalue weighted by atomic mass is 10.1. The van der Waals surface area contributed by atoms with Crippen LogP contribution in [0.2, 0.25) is 0 Å². The third-order valence-electron chi connectivity index (χ3n) is 2.64. The van der Waals surface area contributed by atoms with Crippen LogP contribution < -0.4 is 14.8 Å². The highest BCUT2D eigenvalue weighted by Crippen LogP contribution is 2.35. The highest BCUT2D eigenvalue weighted by molar-refractivity contribution is 5.95. The van der Waals surface area contributed by atoms with Gasteiger partial charge in [0, 0.05) is 18.7 Å². The van der Waals surface area contributed by atoms with Crippen LogP contribution in [0.1, 0.15) is 16.8 Å². The lowest BCUT2D eigenvalue weighted by molar-refractivity contribution is -0.131. The molecule has 0 aromatic heterocycles. The molecule has 0 bridgehead atoms. The van der Waals surface area contributed by atoms with E-state index in [1.54, 1.807) is 0 Å². The Bertz CT molecular complexity index is 516. The van der Waals surface area contributed by atoms with Crippen LogP contribution in [0.3, 0.4) is 0 Å². The van der Waals surface area contributed by atoms with Crippen molar-refractivity contribution in [2.24, 2.45) is 0 Å². The number of carboxylic acid groups (broad SMARTS) is 1. The molecule has 20 heavy (non-hydrogen) atoms. The molecule has 2 N–H and O–H groups in total. The second kappa shape index (κ2) is 5.48. The SMILES string of the molecule is O=C(O)c1cc2c(cc1NCCC(F)(F)F)OCCO2. The second-order valence-corrected chi connectivity index (χ2v) is 4.14. The largest absolute Gasteiger partial charge is 0.486 e. The summed E-state index contributed by atoms with van der Waals surface area (Å²) in [6.07, 6.45) is -5.36. The number of ether oxygens (including phenoxy) is 2. The smallest absolute Gasteiger partial charge is 0.390 e. The Morgan fingerprint density at radius 2 is 1.85 bits per heavy atom. The molecule has 1 aliphatic rings. The number of hydrogen-bond acceptors (Lipinski definition) is 4. The number of rotatable bonds is 4. The van der Waals surface area contributed by atoms with Crippen molar-refractivity contribution in [1.82, 2.24) is 0 Å². The monoisotopic (exact) mass is 291 g/mol. The van der Waals surface area contributed by atoms with Gasteiger partial charge in [0.05, 0.1) is 17.7 Å². The first-order chi connectivity index (χ1) is 9.37. The van der Waals surface area contributed by atoms with Gasteiger partial charge in [-0.1, -0.05) is 0 Å². The van der Waals surface area contributed by atoms with Crippen molar-refractivity contribution in [1.29, 1.82) is 0 Å². The van der Waals surface area contributed by atoms with Gasteiger partial charge >= 0.3 is 12.1 Å². The minimum atomic E-state index is -4.30. The van der Waals surface area contributed by atoms with Gasteiger partial charge in [-0.25, -0.2) is 4.79 Å². The molecular formula is C12H12F3NO4. The Kier molecular flexibility index (Phi) is 3.91. The molecule has 0 fully saturated rings. The number of aromatic carboxylic acids is 1. The normalized spacial score (nSPS) is 13.9. The van der Waals surface area contributed by atoms with Crippen molar-refractivity contribution in [3.63, 3.8) is 0 Å². The van der Waals surface area contributed by atoms with Crippen LogP contribution in [0.5, 0.6) is 11.5 Å². The van der Waals surface area contributed by atoms with E-state index in [1.807, 2.05) is 0 Å². The fourth-order valence-corrected chi connectivity index (χ4v) is 1.75. The van der Waals surface area contributed by atoms with Crippen molar-refractivity contribution >= 4 is 11.7 Å². The number of carbonyl (C=O) groups is 1. The predicted octanol–water partition coefficient (Wildman–Crippen LogP) is 2.52. The average Bonchev–Trinajstić information content (AvgIpc) is 2.36. The summed E-state index contributed by atoms with van der Waals surface area (Å²) in [5, 5.41) is 11.5. The Hall–Kier alpha value is -2.12. The van der Waals surface area contributed by atoms with Gasteiger partial charge in [-0.05, 0) is 0 Å². The lowest BCUT2D eigenvalue weighted by Gasteiger charge is -2.20. The molecule has 0 spiro atoms. The van der Waals surface area contributed by atoms with E-state index < -0.39 is 25.1 Å². The number of fused-ring (bicyclic) bond motifs is 1. The first-order valence-electron chi connectivity index (χ1n) is 5.84. The van der Waals surface area contributed by atoms with Gasteiger partial charge in [-0.3, -0.25) is 0 Å². The predicted molar refractivity (Wildman–Crippen MR) is 63.6 cm³/mol. The van der Waals surface area contributed by atoms with Crippen LogP contribution in [0.4, 0.5) is 18.9 Å². The number of carboxylic acids is 1. The van der Waals surface area contributed by atoms with E-state index in [9.17, 15) is 18.0 Å². The van der Waals surface area contributed by atoms with Crippen LogP contribution in [0.25, 0.3) is 0 Å². The molecule has 8 heteroatoms. The topological polar surface area (TPSA) is 67.8 Å². The fourth-order valence-electron chi connectivity index (χ4n) is 1.75. The van der Waals surface area contributed by atoms with Crippen molar-refractivity contribution in [3.8, 4) is 11.5 Å². The van der Waals surface area contributed by atoms with Crippen LogP contribution in [0.15, 0.2) is 12.1 Å². The molecule has 0 unspecified atom stereocenters. The van der Waals surface area contributed by atoms with Gasteiger partial charge in [0.15, 0.2) is 11.5 Å². The summed E-state index contributed by atoms with van der Waals surface area (Å²) in [6.45, 7) is 0.192. The van der Waals surface area contributed by atoms with E-state index >= 15 is 0 Å². The highest BCUT2D eigenvalue weighted by atomic mass is 19.4. The zero-order valence-corrected chi connectivity index (χ0v) is 10.3. The first-order valence-corrected chi connectivity index (χ1v) is 5.84. The van der Waals surface area contributed by atoms with Gasteiger partial charge < -0.3 is 19.9 Å². The summed E-state index contributed by atoms with van der Waals surface area (Å²) >= 11 is 0. The van der Waals surface area contributed by atoms with E-state index in [2.05, 4.69) is 5.32 Å². The van der Waals surface area contributed by atoms with E-state index in [0.29, 0.717) is 19.0 Å². The highest BCUT2D eigenvalue weighted by Gasteiger charge is 2.27. The van der Waals surface area contributed by atoms with Crippen LogP contribution in [-0.2, 0) is 0 Å². The molecule has 1 heterocycles. The van der Waals surface area contributed by atoms with E-state index in [4.69, 9.17) is 14.6 Å². The number of nitrogens with one attached hydrogen (secondary N) is 1. The van der Waals surface area contributed by atoms with Crippen molar-refractivity contribution in [2.75, 3.05) is 25.1 Å². The first kappa shape index (κ1) is 14.3. The number of benzene rings is 1. The van der Waals surface area contributed by atoms with Crippen LogP contribution >= 0.6 is 0 Å². The lowest BCUT2D eigenvalue weighted by Crippen LogP contribution is -2.18. The zero-order valence-electron chi connectivity index (χ0n) is 10.3. The number of halogens is 3. The third kappa shape index (κ3) is 3.46. The summed E-state index contributed by atoms with van der Waals surface area (Å²) < 4.78 is 46.8. The summed E-state index contributed by atoms with van der Waals surface area (Å²) in [5.74, 6) is -0.665. The van der Waals surface area contributed by atoms with E-state index in [1.165, 1.54) is 12.1 Å². The summed E-state index contributed by atoms with van der Waals surface area (Å²) in [4.78, 5) is 11.1. The molecule has 2 rings (SSSR count). The van der Waals surface area contributed by atoms with Crippen molar-refractivity contribution in [2.45, 2.75) is 12.6 Å². The molecule has 0 radical (unpaired) electrons. The summed E-state index contributed by atoms with van der Waals surface area (Å²) in [7, 11) is 0. The molecule has 0 saturated carbocycles. The van der Waals surface area contributed by atoms with Crippen molar-refractivity contribution < 1.29 is 32.5 Å². The Morgan fingerprint density at radius 3 is 2.40 bits per heavy atom. The maximum Gasteiger partial charge on any atom is 0.390 e. The quantitative estimate of drug-likeness (QED) is 0.892. The Labute approximate surface area is 112 Å². The van der Waals surface area contributed by atoms with E-state index in [0.717, 1.165) is 0 Å². The van der Waals surface area contributed by atoms with Gasteiger partial charge in [-0.2, -0.15) is 13.2 Å². The second-order valence-electron chi connectivity index (χ2n) is 4.14. The molecule has 0 aliphatic carbocycles. The molecule has 0 amide bonds. The zero-order chi connectivity index (χ0) is 14.8. The van der Waals surface area contributed by atoms with Crippen LogP contribution in [0, 0.1) is 0 Å². The average molecular weight is 291 g/mol. The number of alkyl halides is 3. The van der Waals surface area contributed by atoms with Gasteiger partial charge in [0.1, 0.15) is 13.2 Å². The Balaban J connectivity index is 2.19. The maximum atomic E-state index is 12.1. The standard InChI is InChI=1S/C12H12F3NO4/c13-12(14,15)1-2-16-8-6-10-9(19-3-4-20-10)5-7(8)11(17)18/h5-6,16H,1-4H2,(H,17,18). The summed E-state index contributed by atoms with van der Waals surface area (Å²) in [6, 6.07) is 2.58. The molecule has 110 valence electrons. The molecule has 1 aromatic carbocycles. The Morgan fingerprint density at radius 1 is 1.25 bits per heavy atom. The minimum absolute atomic E-state index is 0.0750. The number of anilines is 1. The fraction of sp³-hybridized carbons (Fsp3) is 0.417. The molecule has 1 aromatic rings. The third-order valence-corrected chi connectivity index (χ3v) is 2.64. The van der Waals surface area contributed by atoms with Gasteiger partial charge in [0.25, 0.3) is 0 Å². The minimum Gasteiger partial charge on any atom is -0.486 e. The van der Waals surface area contributed by atoms with Gasteiger partial charge in [-0.15, -0.1) is 0 Å². The van der Waals surface area contributed by atoms with Gasteiger partial charge in [0.2, 0.25) is 0 Å². The van der Waals surface area contributed by atoms with Crippen LogP contribution in [-0.4, -0.2) is 37.0 Å². The summed E-state index contributed by atoms with van der Waals surface area (Å²) in [5.41, 5.74) is -0.0811. The molecule has 1 aliphatic heterocycles. The molecule has 0 saturated heterocycles. The molecule has 0 atom stereocenters. The molecular weight excluding hydrogens is 279 g/mol. The maximum absolute atomic E-state index is 12.1. The number of hydrogen-bond donors (Lipinski definition) is 2. The van der Waals surface area contributed by atoms with E-state index in [-0.39, 0.29) is 17.0 Å².